The first-order chi connectivity index (χ1) is 12.9. The van der Waals surface area contributed by atoms with Gasteiger partial charge in [-0.3, -0.25) is 9.59 Å². The highest BCUT2D eigenvalue weighted by molar-refractivity contribution is 6.36. The van der Waals surface area contributed by atoms with Gasteiger partial charge in [-0.05, 0) is 30.3 Å². The van der Waals surface area contributed by atoms with Crippen molar-refractivity contribution in [1.82, 2.24) is 5.43 Å². The maximum absolute atomic E-state index is 11.9. The van der Waals surface area contributed by atoms with E-state index in [2.05, 4.69) is 15.8 Å². The van der Waals surface area contributed by atoms with Crippen molar-refractivity contribution >= 4 is 46.9 Å². The van der Waals surface area contributed by atoms with E-state index in [-0.39, 0.29) is 24.5 Å². The third kappa shape index (κ3) is 6.16. The van der Waals surface area contributed by atoms with E-state index in [4.69, 9.17) is 27.9 Å². The Morgan fingerprint density at radius 2 is 1.93 bits per heavy atom. The zero-order valence-electron chi connectivity index (χ0n) is 14.3. The molecule has 0 unspecified atom stereocenters. The quantitative estimate of drug-likeness (QED) is 0.480. The standard InChI is InChI=1S/C18H17Cl2N3O4/c1-27-15-4-2-3-11(18(15)26)10-21-23-17(25)8-7-16(24)22-14-6-5-12(19)9-13(14)20/h2-6,9-10,26H,7-8H2,1H3,(H,22,24)(H,23,25)/b21-10+. The van der Waals surface area contributed by atoms with Gasteiger partial charge < -0.3 is 15.2 Å². The van der Waals surface area contributed by atoms with Crippen LogP contribution in [0, 0.1) is 0 Å². The molecule has 0 bridgehead atoms. The number of hydrogen-bond donors (Lipinski definition) is 3. The second-order valence-electron chi connectivity index (χ2n) is 5.36. The number of hydrazone groups is 1. The molecule has 142 valence electrons. The van der Waals surface area contributed by atoms with E-state index in [0.717, 1.165) is 0 Å². The fraction of sp³-hybridized carbons (Fsp3) is 0.167. The Kier molecular flexibility index (Phi) is 7.45. The lowest BCUT2D eigenvalue weighted by molar-refractivity contribution is -0.124. The number of anilines is 1. The fourth-order valence-corrected chi connectivity index (χ4v) is 2.52. The van der Waals surface area contributed by atoms with Crippen molar-refractivity contribution in [3.05, 3.63) is 52.0 Å². The number of para-hydroxylation sites is 1. The van der Waals surface area contributed by atoms with Crippen molar-refractivity contribution in [2.45, 2.75) is 12.8 Å². The molecule has 9 heteroatoms. The maximum Gasteiger partial charge on any atom is 0.240 e. The molecule has 0 heterocycles. The van der Waals surface area contributed by atoms with Crippen molar-refractivity contribution in [1.29, 1.82) is 0 Å². The Balaban J connectivity index is 1.81. The second kappa shape index (κ2) is 9.80. The van der Waals surface area contributed by atoms with Crippen LogP contribution in [-0.4, -0.2) is 30.2 Å². The van der Waals surface area contributed by atoms with Crippen LogP contribution in [0.15, 0.2) is 41.5 Å². The fourth-order valence-electron chi connectivity index (χ4n) is 2.07. The molecule has 0 saturated heterocycles. The predicted octanol–water partition coefficient (Wildman–Crippen LogP) is 3.58. The summed E-state index contributed by atoms with van der Waals surface area (Å²) in [7, 11) is 1.43. The number of methoxy groups -OCH3 is 1. The molecule has 0 spiro atoms. The summed E-state index contributed by atoms with van der Waals surface area (Å²) in [5.41, 5.74) is 3.08. The van der Waals surface area contributed by atoms with Gasteiger partial charge >= 0.3 is 0 Å². The molecular weight excluding hydrogens is 393 g/mol. The summed E-state index contributed by atoms with van der Waals surface area (Å²) in [5, 5.41) is 17.0. The molecule has 7 nitrogen and oxygen atoms in total. The molecule has 2 rings (SSSR count). The van der Waals surface area contributed by atoms with Gasteiger partial charge in [-0.15, -0.1) is 0 Å². The van der Waals surface area contributed by atoms with Crippen molar-refractivity contribution in [3.8, 4) is 11.5 Å². The molecule has 0 radical (unpaired) electrons. The molecule has 0 aliphatic carbocycles. The number of rotatable bonds is 7. The average Bonchev–Trinajstić information content (AvgIpc) is 2.64. The van der Waals surface area contributed by atoms with Crippen LogP contribution in [0.25, 0.3) is 0 Å². The molecule has 0 aliphatic rings. The van der Waals surface area contributed by atoms with Crippen LogP contribution >= 0.6 is 23.2 Å². The smallest absolute Gasteiger partial charge is 0.240 e. The minimum atomic E-state index is -0.453. The zero-order chi connectivity index (χ0) is 19.8. The lowest BCUT2D eigenvalue weighted by atomic mass is 10.2. The normalized spacial score (nSPS) is 10.6. The van der Waals surface area contributed by atoms with Crippen molar-refractivity contribution in [2.75, 3.05) is 12.4 Å². The number of hydrogen-bond acceptors (Lipinski definition) is 5. The Morgan fingerprint density at radius 1 is 1.19 bits per heavy atom. The number of phenolic OH excluding ortho intramolecular Hbond substituents is 1. The van der Waals surface area contributed by atoms with E-state index >= 15 is 0 Å². The highest BCUT2D eigenvalue weighted by Gasteiger charge is 2.09. The van der Waals surface area contributed by atoms with Gasteiger partial charge in [0.25, 0.3) is 0 Å². The van der Waals surface area contributed by atoms with E-state index < -0.39 is 5.91 Å². The summed E-state index contributed by atoms with van der Waals surface area (Å²) in [4.78, 5) is 23.7. The number of carbonyl (C=O) groups excluding carboxylic acids is 2. The predicted molar refractivity (Wildman–Crippen MR) is 105 cm³/mol. The minimum absolute atomic E-state index is 0.0509. The van der Waals surface area contributed by atoms with Crippen molar-refractivity contribution < 1.29 is 19.4 Å². The number of ether oxygens (including phenoxy) is 1. The molecule has 0 aromatic heterocycles. The second-order valence-corrected chi connectivity index (χ2v) is 6.21. The van der Waals surface area contributed by atoms with E-state index in [1.165, 1.54) is 19.4 Å². The maximum atomic E-state index is 11.9. The lowest BCUT2D eigenvalue weighted by Crippen LogP contribution is -2.20. The summed E-state index contributed by atoms with van der Waals surface area (Å²) < 4.78 is 4.98. The molecule has 2 amide bonds. The number of aromatic hydroxyl groups is 1. The first-order valence-corrected chi connectivity index (χ1v) is 8.59. The molecule has 27 heavy (non-hydrogen) atoms. The van der Waals surface area contributed by atoms with Crippen LogP contribution in [0.3, 0.4) is 0 Å². The molecule has 0 aliphatic heterocycles. The van der Waals surface area contributed by atoms with Gasteiger partial charge in [0.05, 0.1) is 24.0 Å². The zero-order valence-corrected chi connectivity index (χ0v) is 15.8. The van der Waals surface area contributed by atoms with E-state index in [9.17, 15) is 14.7 Å². The van der Waals surface area contributed by atoms with Crippen LogP contribution in [0.1, 0.15) is 18.4 Å². The number of nitrogens with zero attached hydrogens (tertiary/aromatic N) is 1. The van der Waals surface area contributed by atoms with Crippen LogP contribution in [-0.2, 0) is 9.59 Å². The van der Waals surface area contributed by atoms with Gasteiger partial charge in [-0.2, -0.15) is 5.10 Å². The number of nitrogens with one attached hydrogen (secondary N) is 2. The summed E-state index contributed by atoms with van der Waals surface area (Å²) in [6.45, 7) is 0. The number of carbonyl (C=O) groups is 2. The lowest BCUT2D eigenvalue weighted by Gasteiger charge is -2.07. The van der Waals surface area contributed by atoms with E-state index in [0.29, 0.717) is 27.0 Å². The Hall–Kier alpha value is -2.77. The largest absolute Gasteiger partial charge is 0.504 e. The summed E-state index contributed by atoms with van der Waals surface area (Å²) in [5.74, 6) is -0.616. The molecular formula is C18H17Cl2N3O4. The highest BCUT2D eigenvalue weighted by Crippen LogP contribution is 2.28. The average molecular weight is 410 g/mol. The highest BCUT2D eigenvalue weighted by atomic mass is 35.5. The van der Waals surface area contributed by atoms with E-state index in [1.807, 2.05) is 0 Å². The third-order valence-electron chi connectivity index (χ3n) is 3.43. The SMILES string of the molecule is COc1cccc(/C=N/NC(=O)CCC(=O)Nc2ccc(Cl)cc2Cl)c1O. The van der Waals surface area contributed by atoms with Crippen LogP contribution in [0.4, 0.5) is 5.69 Å². The van der Waals surface area contributed by atoms with Gasteiger partial charge in [0.1, 0.15) is 0 Å². The number of halogens is 2. The number of benzene rings is 2. The molecule has 2 aromatic carbocycles. The first-order valence-electron chi connectivity index (χ1n) is 7.83. The molecule has 2 aromatic rings. The molecule has 0 fully saturated rings. The number of amides is 2. The van der Waals surface area contributed by atoms with Gasteiger partial charge in [-0.25, -0.2) is 5.43 Å². The van der Waals surface area contributed by atoms with Gasteiger partial charge in [0.2, 0.25) is 11.8 Å². The molecule has 0 atom stereocenters. The van der Waals surface area contributed by atoms with Crippen LogP contribution < -0.4 is 15.5 Å². The summed E-state index contributed by atoms with van der Waals surface area (Å²) >= 11 is 11.8. The Bertz CT molecular complexity index is 872. The van der Waals surface area contributed by atoms with Gasteiger partial charge in [0, 0.05) is 23.4 Å². The Labute approximate surface area is 165 Å². The minimum Gasteiger partial charge on any atom is -0.504 e. The first kappa shape index (κ1) is 20.5. The monoisotopic (exact) mass is 409 g/mol. The van der Waals surface area contributed by atoms with E-state index in [1.54, 1.807) is 30.3 Å². The number of phenols is 1. The summed E-state index contributed by atoms with van der Waals surface area (Å²) in [6.07, 6.45) is 1.16. The Morgan fingerprint density at radius 3 is 2.63 bits per heavy atom. The third-order valence-corrected chi connectivity index (χ3v) is 3.98. The van der Waals surface area contributed by atoms with Crippen LogP contribution in [0.5, 0.6) is 11.5 Å². The van der Waals surface area contributed by atoms with Crippen LogP contribution in [0.2, 0.25) is 10.0 Å². The van der Waals surface area contributed by atoms with Crippen molar-refractivity contribution in [2.24, 2.45) is 5.10 Å². The summed E-state index contributed by atoms with van der Waals surface area (Å²) in [6, 6.07) is 9.56. The molecule has 0 saturated carbocycles. The van der Waals surface area contributed by atoms with Gasteiger partial charge in [0.15, 0.2) is 11.5 Å². The van der Waals surface area contributed by atoms with Crippen molar-refractivity contribution in [3.63, 3.8) is 0 Å². The van der Waals surface area contributed by atoms with Gasteiger partial charge in [-0.1, -0.05) is 29.3 Å². The molecule has 3 N–H and O–H groups in total. The topological polar surface area (TPSA) is 100 Å².